The number of nitrogens with zero attached hydrogens (tertiary/aromatic N) is 5. The van der Waals surface area contributed by atoms with Crippen LogP contribution in [-0.2, 0) is 19.3 Å². The minimum Gasteiger partial charge on any atom is -0.344 e. The molecule has 0 saturated heterocycles. The van der Waals surface area contributed by atoms with E-state index < -0.39 is 0 Å². The fraction of sp³-hybridized carbons (Fsp3) is 0.231. The Morgan fingerprint density at radius 1 is 1.03 bits per heavy atom. The first-order valence-corrected chi connectivity index (χ1v) is 12.2. The molecule has 2 aromatic carbocycles. The molecule has 0 fully saturated rings. The number of rotatable bonds is 7. The summed E-state index contributed by atoms with van der Waals surface area (Å²) < 4.78 is 9.12. The number of aryl methyl sites for hydroxylation is 2. The molecule has 0 aliphatic carbocycles. The number of hydrogen-bond donors (Lipinski definition) is 0. The lowest BCUT2D eigenvalue weighted by Gasteiger charge is -2.11. The molecule has 34 heavy (non-hydrogen) atoms. The number of thioether (sulfide) groups is 1. The van der Waals surface area contributed by atoms with Gasteiger partial charge in [-0.1, -0.05) is 77.9 Å². The van der Waals surface area contributed by atoms with E-state index in [9.17, 15) is 4.79 Å². The van der Waals surface area contributed by atoms with Crippen molar-refractivity contribution in [2.75, 3.05) is 0 Å². The maximum atomic E-state index is 13.5. The third-order valence-corrected chi connectivity index (χ3v) is 6.60. The Labute approximate surface area is 201 Å². The Morgan fingerprint density at radius 3 is 2.59 bits per heavy atom. The molecule has 0 aliphatic rings. The Kier molecular flexibility index (Phi) is 6.06. The Morgan fingerprint density at radius 2 is 1.82 bits per heavy atom. The van der Waals surface area contributed by atoms with Gasteiger partial charge < -0.3 is 9.09 Å². The van der Waals surface area contributed by atoms with Crippen molar-refractivity contribution in [3.63, 3.8) is 0 Å². The Balaban J connectivity index is 1.51. The summed E-state index contributed by atoms with van der Waals surface area (Å²) in [4.78, 5) is 23.0. The van der Waals surface area contributed by atoms with Crippen LogP contribution in [0.3, 0.4) is 0 Å². The second-order valence-electron chi connectivity index (χ2n) is 8.24. The van der Waals surface area contributed by atoms with Gasteiger partial charge in [-0.25, -0.2) is 4.98 Å². The zero-order valence-electron chi connectivity index (χ0n) is 19.4. The highest BCUT2D eigenvalue weighted by Gasteiger charge is 2.19. The van der Waals surface area contributed by atoms with Gasteiger partial charge >= 0.3 is 0 Å². The normalized spacial score (nSPS) is 11.4. The van der Waals surface area contributed by atoms with Gasteiger partial charge in [-0.3, -0.25) is 9.36 Å². The first-order chi connectivity index (χ1) is 16.5. The van der Waals surface area contributed by atoms with Crippen LogP contribution < -0.4 is 5.56 Å². The van der Waals surface area contributed by atoms with E-state index in [0.29, 0.717) is 40.2 Å². The van der Waals surface area contributed by atoms with Gasteiger partial charge in [0.2, 0.25) is 11.7 Å². The molecule has 0 amide bonds. The molecule has 0 N–H and O–H groups in total. The molecule has 0 atom stereocenters. The van der Waals surface area contributed by atoms with Gasteiger partial charge in [0.25, 0.3) is 5.56 Å². The van der Waals surface area contributed by atoms with Gasteiger partial charge in [-0.15, -0.1) is 0 Å². The fourth-order valence-electron chi connectivity index (χ4n) is 4.05. The highest BCUT2D eigenvalue weighted by atomic mass is 32.2. The van der Waals surface area contributed by atoms with Crippen LogP contribution in [0.2, 0.25) is 0 Å². The summed E-state index contributed by atoms with van der Waals surface area (Å²) in [5.74, 6) is 1.48. The Bertz CT molecular complexity index is 1520. The summed E-state index contributed by atoms with van der Waals surface area (Å²) in [6.07, 6.45) is 2.81. The highest BCUT2D eigenvalue weighted by molar-refractivity contribution is 7.98. The van der Waals surface area contributed by atoms with Gasteiger partial charge in [0.15, 0.2) is 5.16 Å². The minimum absolute atomic E-state index is 0.0370. The molecule has 5 aromatic rings. The van der Waals surface area contributed by atoms with Crippen LogP contribution in [0.1, 0.15) is 24.8 Å². The van der Waals surface area contributed by atoms with Gasteiger partial charge in [0.05, 0.1) is 5.75 Å². The van der Waals surface area contributed by atoms with E-state index in [2.05, 4.69) is 17.1 Å². The van der Waals surface area contributed by atoms with E-state index in [0.717, 1.165) is 28.7 Å². The van der Waals surface area contributed by atoms with E-state index in [4.69, 9.17) is 9.51 Å². The molecule has 0 spiro atoms. The van der Waals surface area contributed by atoms with Gasteiger partial charge in [0.1, 0.15) is 11.0 Å². The second kappa shape index (κ2) is 9.30. The summed E-state index contributed by atoms with van der Waals surface area (Å²) in [6.45, 7) is 4.67. The second-order valence-corrected chi connectivity index (χ2v) is 9.18. The third-order valence-electron chi connectivity index (χ3n) is 5.64. The summed E-state index contributed by atoms with van der Waals surface area (Å²) >= 11 is 1.44. The van der Waals surface area contributed by atoms with E-state index in [1.54, 1.807) is 4.57 Å². The predicted molar refractivity (Wildman–Crippen MR) is 135 cm³/mol. The molecular weight excluding hydrogens is 446 g/mol. The zero-order chi connectivity index (χ0) is 23.7. The highest BCUT2D eigenvalue weighted by Crippen LogP contribution is 2.30. The van der Waals surface area contributed by atoms with E-state index in [1.165, 1.54) is 11.8 Å². The van der Waals surface area contributed by atoms with Crippen LogP contribution in [-0.4, -0.2) is 24.3 Å². The van der Waals surface area contributed by atoms with Crippen LogP contribution in [0.25, 0.3) is 33.5 Å². The van der Waals surface area contributed by atoms with Crippen LogP contribution in [0.4, 0.5) is 0 Å². The van der Waals surface area contributed by atoms with Crippen LogP contribution in [0.15, 0.2) is 75.3 Å². The minimum atomic E-state index is -0.0370. The summed E-state index contributed by atoms with van der Waals surface area (Å²) in [6, 6.07) is 18.0. The van der Waals surface area contributed by atoms with Crippen molar-refractivity contribution >= 4 is 22.8 Å². The quantitative estimate of drug-likeness (QED) is 0.232. The van der Waals surface area contributed by atoms with Crippen molar-refractivity contribution in [1.82, 2.24) is 24.3 Å². The molecule has 0 aliphatic heterocycles. The topological polar surface area (TPSA) is 78.7 Å². The molecule has 3 heterocycles. The molecular formula is C26H25N5O2S. The molecule has 7 nitrogen and oxygen atoms in total. The monoisotopic (exact) mass is 471 g/mol. The molecule has 172 valence electrons. The van der Waals surface area contributed by atoms with E-state index >= 15 is 0 Å². The van der Waals surface area contributed by atoms with Crippen LogP contribution in [0.5, 0.6) is 0 Å². The van der Waals surface area contributed by atoms with Crippen molar-refractivity contribution in [3.8, 4) is 22.5 Å². The molecule has 8 heteroatoms. The van der Waals surface area contributed by atoms with Gasteiger partial charge in [-0.2, -0.15) is 4.98 Å². The molecule has 0 bridgehead atoms. The van der Waals surface area contributed by atoms with Crippen molar-refractivity contribution in [1.29, 1.82) is 0 Å². The molecule has 5 rings (SSSR count). The smallest absolute Gasteiger partial charge is 0.278 e. The maximum Gasteiger partial charge on any atom is 0.278 e. The van der Waals surface area contributed by atoms with Gasteiger partial charge in [0, 0.05) is 30.9 Å². The SMILES string of the molecule is CCCn1c(SCc2nc(-c3cccc(C)c3)no2)nc2c(-c3ccccc3)cn(C)c2c1=O. The number of hydrogen-bond acceptors (Lipinski definition) is 6. The largest absolute Gasteiger partial charge is 0.344 e. The summed E-state index contributed by atoms with van der Waals surface area (Å²) in [5, 5.41) is 4.78. The maximum absolute atomic E-state index is 13.5. The Hall–Kier alpha value is -3.65. The van der Waals surface area contributed by atoms with Gasteiger partial charge in [-0.05, 0) is 25.0 Å². The summed E-state index contributed by atoms with van der Waals surface area (Å²) in [7, 11) is 1.90. The van der Waals surface area contributed by atoms with Crippen molar-refractivity contribution in [2.24, 2.45) is 7.05 Å². The first-order valence-electron chi connectivity index (χ1n) is 11.2. The van der Waals surface area contributed by atoms with Crippen LogP contribution >= 0.6 is 11.8 Å². The standard InChI is InChI=1S/C26H25N5O2S/c1-4-13-31-25(32)23-22(20(15-30(23)3)18-10-6-5-7-11-18)28-26(31)34-16-21-27-24(29-33-21)19-12-8-9-17(2)14-19/h5-12,14-15H,4,13,16H2,1-3H3. The van der Waals surface area contributed by atoms with Crippen molar-refractivity contribution < 1.29 is 4.52 Å². The predicted octanol–water partition coefficient (Wildman–Crippen LogP) is 5.46. The third kappa shape index (κ3) is 4.17. The first kappa shape index (κ1) is 22.2. The molecule has 3 aromatic heterocycles. The molecule has 0 saturated carbocycles. The molecule has 0 radical (unpaired) electrons. The van der Waals surface area contributed by atoms with E-state index in [1.807, 2.05) is 79.3 Å². The average Bonchev–Trinajstić information content (AvgIpc) is 3.45. The average molecular weight is 472 g/mol. The zero-order valence-corrected chi connectivity index (χ0v) is 20.2. The lowest BCUT2D eigenvalue weighted by molar-refractivity contribution is 0.391. The number of aromatic nitrogens is 5. The van der Waals surface area contributed by atoms with E-state index in [-0.39, 0.29) is 5.56 Å². The summed E-state index contributed by atoms with van der Waals surface area (Å²) in [5.41, 5.74) is 5.31. The fourth-order valence-corrected chi connectivity index (χ4v) is 4.91. The van der Waals surface area contributed by atoms with Crippen molar-refractivity contribution in [3.05, 3.63) is 82.6 Å². The van der Waals surface area contributed by atoms with Crippen LogP contribution in [0, 0.1) is 6.92 Å². The number of fused-ring (bicyclic) bond motifs is 1. The molecule has 0 unspecified atom stereocenters. The van der Waals surface area contributed by atoms with Crippen molar-refractivity contribution in [2.45, 2.75) is 37.7 Å². The lowest BCUT2D eigenvalue weighted by Crippen LogP contribution is -2.24. The lowest BCUT2D eigenvalue weighted by atomic mass is 10.1. The number of benzene rings is 2.